The summed E-state index contributed by atoms with van der Waals surface area (Å²) in [7, 11) is 1.20. The van der Waals surface area contributed by atoms with Crippen LogP contribution in [0.1, 0.15) is 12.0 Å². The summed E-state index contributed by atoms with van der Waals surface area (Å²) >= 11 is 0. The van der Waals surface area contributed by atoms with E-state index in [9.17, 15) is 19.8 Å². The zero-order chi connectivity index (χ0) is 16.1. The second kappa shape index (κ2) is 7.24. The molecule has 0 aromatic heterocycles. The minimum absolute atomic E-state index is 0.0927. The van der Waals surface area contributed by atoms with Crippen molar-refractivity contribution in [2.75, 3.05) is 7.11 Å². The molecule has 1 aromatic carbocycles. The van der Waals surface area contributed by atoms with Gasteiger partial charge in [0.1, 0.15) is 12.7 Å². The predicted octanol–water partition coefficient (Wildman–Crippen LogP) is 0.196. The maximum atomic E-state index is 11.7. The van der Waals surface area contributed by atoms with E-state index in [-0.39, 0.29) is 13.0 Å². The second-order valence-corrected chi connectivity index (χ2v) is 5.16. The summed E-state index contributed by atoms with van der Waals surface area (Å²) in [6.07, 6.45) is -3.14. The van der Waals surface area contributed by atoms with Crippen molar-refractivity contribution >= 4 is 12.1 Å². The van der Waals surface area contributed by atoms with Crippen LogP contribution in [0.2, 0.25) is 0 Å². The van der Waals surface area contributed by atoms with Crippen molar-refractivity contribution < 1.29 is 29.3 Å². The fraction of sp³-hybridized carbons (Fsp3) is 0.467. The number of carbonyl (C=O) groups excluding carboxylic acids is 2. The lowest BCUT2D eigenvalue weighted by Gasteiger charge is -2.17. The molecular weight excluding hydrogens is 290 g/mol. The van der Waals surface area contributed by atoms with Gasteiger partial charge in [-0.3, -0.25) is 4.79 Å². The van der Waals surface area contributed by atoms with Crippen LogP contribution in [0.15, 0.2) is 30.3 Å². The predicted molar refractivity (Wildman–Crippen MR) is 75.7 cm³/mol. The van der Waals surface area contributed by atoms with Crippen LogP contribution in [-0.2, 0) is 20.9 Å². The molecule has 2 rings (SSSR count). The van der Waals surface area contributed by atoms with Crippen molar-refractivity contribution in [2.24, 2.45) is 5.92 Å². The molecule has 0 heterocycles. The number of benzene rings is 1. The summed E-state index contributed by atoms with van der Waals surface area (Å²) in [5.41, 5.74) is 0.831. The van der Waals surface area contributed by atoms with Crippen molar-refractivity contribution in [1.82, 2.24) is 5.32 Å². The topological polar surface area (TPSA) is 105 Å². The molecule has 3 N–H and O–H groups in total. The minimum Gasteiger partial charge on any atom is -0.469 e. The summed E-state index contributed by atoms with van der Waals surface area (Å²) in [4.78, 5) is 23.2. The SMILES string of the molecule is COC(=O)[C@@H]1C[C@H](NC(=O)OCc2ccccc2)[C@@H](O)[C@H]1O. The highest BCUT2D eigenvalue weighted by molar-refractivity contribution is 5.74. The van der Waals surface area contributed by atoms with E-state index in [2.05, 4.69) is 10.1 Å². The van der Waals surface area contributed by atoms with Crippen molar-refractivity contribution in [3.63, 3.8) is 0 Å². The molecular formula is C15H19NO6. The van der Waals surface area contributed by atoms with Gasteiger partial charge in [-0.2, -0.15) is 0 Å². The standard InChI is InChI=1S/C15H19NO6/c1-21-14(19)10-7-11(13(18)12(10)17)16-15(20)22-8-9-5-3-2-4-6-9/h2-6,10-13,17-18H,7-8H2,1H3,(H,16,20)/t10-,11+,12+,13-/m1/s1. The normalized spacial score (nSPS) is 27.2. The number of aliphatic hydroxyl groups excluding tert-OH is 2. The zero-order valence-electron chi connectivity index (χ0n) is 12.1. The molecule has 0 aliphatic heterocycles. The molecule has 1 fully saturated rings. The highest BCUT2D eigenvalue weighted by Gasteiger charge is 2.46. The Bertz CT molecular complexity index is 520. The Morgan fingerprint density at radius 2 is 1.91 bits per heavy atom. The molecule has 120 valence electrons. The Hall–Kier alpha value is -2.12. The molecule has 0 saturated heterocycles. The van der Waals surface area contributed by atoms with Crippen LogP contribution in [0.5, 0.6) is 0 Å². The lowest BCUT2D eigenvalue weighted by Crippen LogP contribution is -2.43. The Morgan fingerprint density at radius 1 is 1.23 bits per heavy atom. The monoisotopic (exact) mass is 309 g/mol. The Kier molecular flexibility index (Phi) is 5.35. The van der Waals surface area contributed by atoms with Crippen LogP contribution in [-0.4, -0.2) is 47.6 Å². The number of hydrogen-bond donors (Lipinski definition) is 3. The first-order chi connectivity index (χ1) is 10.5. The lowest BCUT2D eigenvalue weighted by atomic mass is 10.1. The minimum atomic E-state index is -1.27. The van der Waals surface area contributed by atoms with E-state index in [4.69, 9.17) is 4.74 Å². The molecule has 1 aromatic rings. The number of nitrogens with one attached hydrogen (secondary N) is 1. The molecule has 1 aliphatic carbocycles. The molecule has 0 unspecified atom stereocenters. The van der Waals surface area contributed by atoms with E-state index in [0.29, 0.717) is 0 Å². The van der Waals surface area contributed by atoms with Gasteiger partial charge in [-0.15, -0.1) is 0 Å². The van der Waals surface area contributed by atoms with E-state index in [1.54, 1.807) is 0 Å². The van der Waals surface area contributed by atoms with Crippen molar-refractivity contribution in [3.05, 3.63) is 35.9 Å². The summed E-state index contributed by atoms with van der Waals surface area (Å²) in [5.74, 6) is -1.48. The average Bonchev–Trinajstić information content (AvgIpc) is 2.81. The molecule has 7 heteroatoms. The summed E-state index contributed by atoms with van der Waals surface area (Å²) in [5, 5.41) is 22.1. The van der Waals surface area contributed by atoms with E-state index in [1.807, 2.05) is 30.3 Å². The molecule has 1 saturated carbocycles. The Balaban J connectivity index is 1.85. The molecule has 4 atom stereocenters. The van der Waals surface area contributed by atoms with Gasteiger partial charge in [0.05, 0.1) is 25.2 Å². The second-order valence-electron chi connectivity index (χ2n) is 5.16. The number of amides is 1. The maximum absolute atomic E-state index is 11.7. The summed E-state index contributed by atoms with van der Waals surface area (Å²) in [6, 6.07) is 8.38. The molecule has 0 spiro atoms. The zero-order valence-corrected chi connectivity index (χ0v) is 12.1. The van der Waals surface area contributed by atoms with Gasteiger partial charge in [-0.05, 0) is 12.0 Å². The number of ether oxygens (including phenoxy) is 2. The lowest BCUT2D eigenvalue weighted by molar-refractivity contribution is -0.149. The molecule has 0 bridgehead atoms. The number of carbonyl (C=O) groups is 2. The fourth-order valence-electron chi connectivity index (χ4n) is 2.48. The van der Waals surface area contributed by atoms with Gasteiger partial charge in [-0.25, -0.2) is 4.79 Å². The number of rotatable bonds is 4. The van der Waals surface area contributed by atoms with Crippen molar-refractivity contribution in [2.45, 2.75) is 31.3 Å². The van der Waals surface area contributed by atoms with Crippen LogP contribution >= 0.6 is 0 Å². The molecule has 1 aliphatic rings. The van der Waals surface area contributed by atoms with Crippen LogP contribution in [0, 0.1) is 5.92 Å². The van der Waals surface area contributed by atoms with Crippen molar-refractivity contribution in [1.29, 1.82) is 0 Å². The van der Waals surface area contributed by atoms with Crippen LogP contribution in [0.25, 0.3) is 0 Å². The number of hydrogen-bond acceptors (Lipinski definition) is 6. The third-order valence-corrected chi connectivity index (χ3v) is 3.70. The number of methoxy groups -OCH3 is 1. The highest BCUT2D eigenvalue weighted by atomic mass is 16.5. The first kappa shape index (κ1) is 16.3. The van der Waals surface area contributed by atoms with Crippen LogP contribution in [0.4, 0.5) is 4.79 Å². The van der Waals surface area contributed by atoms with Gasteiger partial charge >= 0.3 is 12.1 Å². The molecule has 22 heavy (non-hydrogen) atoms. The van der Waals surface area contributed by atoms with E-state index in [0.717, 1.165) is 5.56 Å². The van der Waals surface area contributed by atoms with Gasteiger partial charge < -0.3 is 25.0 Å². The number of aliphatic hydroxyl groups is 2. The average molecular weight is 309 g/mol. The Morgan fingerprint density at radius 3 is 2.55 bits per heavy atom. The van der Waals surface area contributed by atoms with E-state index in [1.165, 1.54) is 7.11 Å². The first-order valence-electron chi connectivity index (χ1n) is 6.94. The quantitative estimate of drug-likeness (QED) is 0.686. The van der Waals surface area contributed by atoms with Gasteiger partial charge in [0.15, 0.2) is 0 Å². The molecule has 0 radical (unpaired) electrons. The van der Waals surface area contributed by atoms with E-state index >= 15 is 0 Å². The van der Waals surface area contributed by atoms with Crippen LogP contribution in [0.3, 0.4) is 0 Å². The highest BCUT2D eigenvalue weighted by Crippen LogP contribution is 2.27. The van der Waals surface area contributed by atoms with Gasteiger partial charge in [-0.1, -0.05) is 30.3 Å². The summed E-state index contributed by atoms with van der Waals surface area (Å²) in [6.45, 7) is 0.0957. The third kappa shape index (κ3) is 3.75. The van der Waals surface area contributed by atoms with Gasteiger partial charge in [0, 0.05) is 0 Å². The first-order valence-corrected chi connectivity index (χ1v) is 6.94. The van der Waals surface area contributed by atoms with Gasteiger partial charge in [0.2, 0.25) is 0 Å². The summed E-state index contributed by atoms with van der Waals surface area (Å²) < 4.78 is 9.59. The molecule has 7 nitrogen and oxygen atoms in total. The fourth-order valence-corrected chi connectivity index (χ4v) is 2.48. The van der Waals surface area contributed by atoms with Crippen molar-refractivity contribution in [3.8, 4) is 0 Å². The molecule has 1 amide bonds. The maximum Gasteiger partial charge on any atom is 0.407 e. The number of esters is 1. The number of alkyl carbamates (subject to hydrolysis) is 1. The largest absolute Gasteiger partial charge is 0.469 e. The van der Waals surface area contributed by atoms with E-state index < -0.39 is 36.2 Å². The van der Waals surface area contributed by atoms with Gasteiger partial charge in [0.25, 0.3) is 0 Å². The Labute approximate surface area is 127 Å². The smallest absolute Gasteiger partial charge is 0.407 e. The van der Waals surface area contributed by atoms with Crippen LogP contribution < -0.4 is 5.32 Å². The third-order valence-electron chi connectivity index (χ3n) is 3.70.